The van der Waals surface area contributed by atoms with E-state index in [0.29, 0.717) is 12.1 Å². The summed E-state index contributed by atoms with van der Waals surface area (Å²) in [6.45, 7) is 3.03. The van der Waals surface area contributed by atoms with Crippen molar-refractivity contribution in [2.75, 3.05) is 36.0 Å². The molecule has 9 heteroatoms. The zero-order valence-electron chi connectivity index (χ0n) is 16.5. The summed E-state index contributed by atoms with van der Waals surface area (Å²) in [6, 6.07) is 4.19. The minimum absolute atomic E-state index is 0.0662. The second kappa shape index (κ2) is 9.58. The number of amides is 3. The zero-order valence-corrected chi connectivity index (χ0v) is 16.5. The Hall–Kier alpha value is -2.84. The van der Waals surface area contributed by atoms with Crippen LogP contribution in [0.3, 0.4) is 0 Å². The topological polar surface area (TPSA) is 88.2 Å². The number of hydrogen-bond acceptors (Lipinski definition) is 5. The Bertz CT molecular complexity index is 772. The summed E-state index contributed by atoms with van der Waals surface area (Å²) < 4.78 is 24.6. The lowest BCUT2D eigenvalue weighted by atomic mass is 10.1. The highest BCUT2D eigenvalue weighted by molar-refractivity contribution is 5.92. The number of ether oxygens (including phenoxy) is 2. The summed E-state index contributed by atoms with van der Waals surface area (Å²) in [6.07, 6.45) is 2.84. The molecule has 29 heavy (non-hydrogen) atoms. The van der Waals surface area contributed by atoms with Gasteiger partial charge in [0.25, 0.3) is 0 Å². The summed E-state index contributed by atoms with van der Waals surface area (Å²) in [5.41, 5.74) is 0.438. The number of benzene rings is 1. The molecule has 1 aromatic rings. The smallest absolute Gasteiger partial charge is 0.414 e. The molecule has 0 aliphatic carbocycles. The molecule has 2 saturated heterocycles. The van der Waals surface area contributed by atoms with Gasteiger partial charge in [-0.25, -0.2) is 14.0 Å². The molecule has 2 fully saturated rings. The predicted octanol–water partition coefficient (Wildman–Crippen LogP) is 3.19. The van der Waals surface area contributed by atoms with E-state index < -0.39 is 24.1 Å². The molecule has 3 rings (SSSR count). The van der Waals surface area contributed by atoms with E-state index in [2.05, 4.69) is 12.2 Å². The average Bonchev–Trinajstić information content (AvgIpc) is 3.29. The largest absolute Gasteiger partial charge is 0.447 e. The fourth-order valence-electron chi connectivity index (χ4n) is 3.36. The summed E-state index contributed by atoms with van der Waals surface area (Å²) in [5.74, 6) is -0.693. The summed E-state index contributed by atoms with van der Waals surface area (Å²) >= 11 is 0. The van der Waals surface area contributed by atoms with E-state index in [-0.39, 0.29) is 37.8 Å². The van der Waals surface area contributed by atoms with Crippen molar-refractivity contribution in [3.63, 3.8) is 0 Å². The van der Waals surface area contributed by atoms with E-state index in [0.717, 1.165) is 25.7 Å². The van der Waals surface area contributed by atoms with Crippen molar-refractivity contribution in [1.29, 1.82) is 0 Å². The molecule has 2 heterocycles. The van der Waals surface area contributed by atoms with Crippen molar-refractivity contribution in [2.24, 2.45) is 0 Å². The maximum atomic E-state index is 14.5. The maximum absolute atomic E-state index is 14.5. The molecule has 2 aliphatic rings. The molecule has 0 aromatic heterocycles. The Morgan fingerprint density at radius 1 is 1.21 bits per heavy atom. The molecule has 0 saturated carbocycles. The first-order valence-electron chi connectivity index (χ1n) is 9.98. The third kappa shape index (κ3) is 5.16. The molecule has 1 aromatic carbocycles. The lowest BCUT2D eigenvalue weighted by molar-refractivity contribution is -0.121. The fraction of sp³-hybridized carbons (Fsp3) is 0.550. The van der Waals surface area contributed by atoms with E-state index in [4.69, 9.17) is 9.47 Å². The molecular formula is C20H26FN3O5. The van der Waals surface area contributed by atoms with Crippen molar-refractivity contribution < 1.29 is 28.2 Å². The third-order valence-corrected chi connectivity index (χ3v) is 4.95. The standard InChI is InChI=1S/C20H26FN3O5/c1-2-3-4-5-6-18(25)22-12-15-13-24(20(27)29-15)14-7-8-17(16(21)11-14)23-9-10-28-19(23)26/h7-8,11,15H,2-6,9-10,12-13H2,1H3,(H,22,25). The summed E-state index contributed by atoms with van der Waals surface area (Å²) in [5, 5.41) is 2.78. The first-order chi connectivity index (χ1) is 14.0. The predicted molar refractivity (Wildman–Crippen MR) is 104 cm³/mol. The van der Waals surface area contributed by atoms with Crippen molar-refractivity contribution in [3.05, 3.63) is 24.0 Å². The van der Waals surface area contributed by atoms with Crippen LogP contribution >= 0.6 is 0 Å². The number of rotatable bonds is 9. The van der Waals surface area contributed by atoms with Crippen LogP contribution in [0.2, 0.25) is 0 Å². The van der Waals surface area contributed by atoms with Gasteiger partial charge in [0.2, 0.25) is 5.91 Å². The number of anilines is 2. The Morgan fingerprint density at radius 2 is 2.03 bits per heavy atom. The van der Waals surface area contributed by atoms with Gasteiger partial charge in [-0.05, 0) is 24.6 Å². The monoisotopic (exact) mass is 407 g/mol. The maximum Gasteiger partial charge on any atom is 0.414 e. The van der Waals surface area contributed by atoms with Gasteiger partial charge in [0, 0.05) is 6.42 Å². The van der Waals surface area contributed by atoms with Gasteiger partial charge in [0.15, 0.2) is 0 Å². The Morgan fingerprint density at radius 3 is 2.72 bits per heavy atom. The van der Waals surface area contributed by atoms with Crippen LogP contribution in [0.1, 0.15) is 39.0 Å². The second-order valence-corrected chi connectivity index (χ2v) is 7.13. The summed E-state index contributed by atoms with van der Waals surface area (Å²) in [7, 11) is 0. The molecule has 158 valence electrons. The van der Waals surface area contributed by atoms with Gasteiger partial charge in [-0.1, -0.05) is 26.2 Å². The number of unbranched alkanes of at least 4 members (excludes halogenated alkanes) is 3. The van der Waals surface area contributed by atoms with Crippen LogP contribution in [0.15, 0.2) is 18.2 Å². The molecular weight excluding hydrogens is 381 g/mol. The van der Waals surface area contributed by atoms with Gasteiger partial charge < -0.3 is 14.8 Å². The Kier molecular flexibility index (Phi) is 6.90. The number of hydrogen-bond donors (Lipinski definition) is 1. The fourth-order valence-corrected chi connectivity index (χ4v) is 3.36. The number of nitrogens with one attached hydrogen (secondary N) is 1. The van der Waals surface area contributed by atoms with Crippen molar-refractivity contribution in [1.82, 2.24) is 5.32 Å². The molecule has 1 unspecified atom stereocenters. The highest BCUT2D eigenvalue weighted by Crippen LogP contribution is 2.29. The number of cyclic esters (lactones) is 2. The highest BCUT2D eigenvalue weighted by atomic mass is 19.1. The van der Waals surface area contributed by atoms with Gasteiger partial charge in [0.1, 0.15) is 18.5 Å². The van der Waals surface area contributed by atoms with Crippen molar-refractivity contribution in [3.8, 4) is 0 Å². The van der Waals surface area contributed by atoms with Crippen LogP contribution < -0.4 is 15.1 Å². The molecule has 8 nitrogen and oxygen atoms in total. The molecule has 2 aliphatic heterocycles. The number of carbonyl (C=O) groups is 3. The van der Waals surface area contributed by atoms with Crippen LogP contribution in [0, 0.1) is 5.82 Å². The molecule has 1 N–H and O–H groups in total. The van der Waals surface area contributed by atoms with Gasteiger partial charge >= 0.3 is 12.2 Å². The van der Waals surface area contributed by atoms with Crippen molar-refractivity contribution >= 4 is 29.5 Å². The van der Waals surface area contributed by atoms with Crippen LogP contribution in [-0.2, 0) is 14.3 Å². The molecule has 0 bridgehead atoms. The average molecular weight is 407 g/mol. The van der Waals surface area contributed by atoms with Crippen LogP contribution in [-0.4, -0.2) is 50.4 Å². The van der Waals surface area contributed by atoms with E-state index >= 15 is 0 Å². The molecule has 0 radical (unpaired) electrons. The minimum atomic E-state index is -0.627. The minimum Gasteiger partial charge on any atom is -0.447 e. The van der Waals surface area contributed by atoms with Crippen LogP contribution in [0.5, 0.6) is 0 Å². The van der Waals surface area contributed by atoms with E-state index in [1.165, 1.54) is 21.9 Å². The van der Waals surface area contributed by atoms with Gasteiger partial charge in [0.05, 0.1) is 31.0 Å². The van der Waals surface area contributed by atoms with E-state index in [1.807, 2.05) is 0 Å². The third-order valence-electron chi connectivity index (χ3n) is 4.95. The normalized spacial score (nSPS) is 18.8. The summed E-state index contributed by atoms with van der Waals surface area (Å²) in [4.78, 5) is 38.2. The SMILES string of the molecule is CCCCCCC(=O)NCC1CN(c2ccc(N3CCOC3=O)c(F)c2)C(=O)O1. The molecule has 1 atom stereocenters. The van der Waals surface area contributed by atoms with E-state index in [1.54, 1.807) is 6.07 Å². The lowest BCUT2D eigenvalue weighted by Crippen LogP contribution is -2.34. The second-order valence-electron chi connectivity index (χ2n) is 7.13. The van der Waals surface area contributed by atoms with Gasteiger partial charge in [-0.15, -0.1) is 0 Å². The first kappa shape index (κ1) is 20.9. The Labute approximate surface area is 168 Å². The number of carbonyl (C=O) groups excluding carboxylic acids is 3. The van der Waals surface area contributed by atoms with E-state index in [9.17, 15) is 18.8 Å². The molecule has 3 amide bonds. The van der Waals surface area contributed by atoms with Gasteiger partial charge in [-0.3, -0.25) is 14.6 Å². The molecule has 0 spiro atoms. The zero-order chi connectivity index (χ0) is 20.8. The first-order valence-corrected chi connectivity index (χ1v) is 9.98. The number of nitrogens with zero attached hydrogens (tertiary/aromatic N) is 2. The van der Waals surface area contributed by atoms with Crippen LogP contribution in [0.25, 0.3) is 0 Å². The van der Waals surface area contributed by atoms with Crippen LogP contribution in [0.4, 0.5) is 25.4 Å². The van der Waals surface area contributed by atoms with Crippen molar-refractivity contribution in [2.45, 2.75) is 45.1 Å². The Balaban J connectivity index is 1.53. The lowest BCUT2D eigenvalue weighted by Gasteiger charge is -2.17. The highest BCUT2D eigenvalue weighted by Gasteiger charge is 2.33. The van der Waals surface area contributed by atoms with Gasteiger partial charge in [-0.2, -0.15) is 0 Å². The quantitative estimate of drug-likeness (QED) is 0.635. The number of halogens is 1.